The summed E-state index contributed by atoms with van der Waals surface area (Å²) in [7, 11) is 0. The van der Waals surface area contributed by atoms with Crippen molar-refractivity contribution in [1.82, 2.24) is 0 Å². The first-order chi connectivity index (χ1) is 20.8. The van der Waals surface area contributed by atoms with Crippen molar-refractivity contribution >= 4 is 35.2 Å². The normalized spacial score (nSPS) is 14.4. The lowest BCUT2D eigenvalue weighted by Crippen LogP contribution is -2.73. The van der Waals surface area contributed by atoms with E-state index in [2.05, 4.69) is 32.9 Å². The van der Waals surface area contributed by atoms with Crippen LogP contribution in [0.5, 0.6) is 0 Å². The molecule has 0 fully saturated rings. The van der Waals surface area contributed by atoms with E-state index < -0.39 is 6.97 Å². The van der Waals surface area contributed by atoms with Gasteiger partial charge in [0.15, 0.2) is 0 Å². The highest BCUT2D eigenvalue weighted by atomic mass is 19.2. The molecule has 0 bridgehead atoms. The zero-order valence-corrected chi connectivity index (χ0v) is 24.1. The molecule has 5 aromatic carbocycles. The Morgan fingerprint density at radius 3 is 2.09 bits per heavy atom. The summed E-state index contributed by atoms with van der Waals surface area (Å²) < 4.78 is 35.4. The molecule has 0 radical (unpaired) electrons. The van der Waals surface area contributed by atoms with Crippen LogP contribution < -0.4 is 9.29 Å². The minimum absolute atomic E-state index is 0.248. The first kappa shape index (κ1) is 25.6. The van der Waals surface area contributed by atoms with Crippen molar-refractivity contribution in [2.75, 3.05) is 4.81 Å². The molecule has 0 unspecified atom stereocenters. The van der Waals surface area contributed by atoms with E-state index >= 15 is 8.63 Å². The van der Waals surface area contributed by atoms with Crippen molar-refractivity contribution in [3.05, 3.63) is 138 Å². The van der Waals surface area contributed by atoms with E-state index in [0.29, 0.717) is 16.8 Å². The van der Waals surface area contributed by atoms with Crippen molar-refractivity contribution < 1.29 is 13.1 Å². The molecule has 3 nitrogen and oxygen atoms in total. The zero-order chi connectivity index (χ0) is 29.5. The molecule has 2 aliphatic rings. The van der Waals surface area contributed by atoms with Crippen LogP contribution in [-0.2, 0) is 0 Å². The lowest BCUT2D eigenvalue weighted by atomic mass is 9.80. The van der Waals surface area contributed by atoms with Gasteiger partial charge in [0.1, 0.15) is 0 Å². The fraction of sp³-hybridized carbons (Fsp3) is 0.0811. The molecule has 0 N–H and O–H groups in total. The Morgan fingerprint density at radius 2 is 1.33 bits per heavy atom. The molecular weight excluding hydrogens is 535 g/mol. The number of fused-ring (bicyclic) bond motifs is 9. The van der Waals surface area contributed by atoms with E-state index in [1.165, 1.54) is 21.5 Å². The molecule has 208 valence electrons. The number of aliphatic imine (C=N–C) groups is 1. The average molecular weight is 563 g/mol. The third-order valence-corrected chi connectivity index (χ3v) is 8.80. The average Bonchev–Trinajstić information content (AvgIpc) is 3.00. The summed E-state index contributed by atoms with van der Waals surface area (Å²) in [5.74, 6) is 0.529. The molecule has 2 aliphatic heterocycles. The third-order valence-electron chi connectivity index (χ3n) is 8.80. The number of benzene rings is 5. The van der Waals surface area contributed by atoms with Crippen LogP contribution in [-0.4, -0.2) is 12.8 Å². The number of rotatable bonds is 2. The van der Waals surface area contributed by atoms with Crippen LogP contribution in [0.1, 0.15) is 22.3 Å². The van der Waals surface area contributed by atoms with Crippen molar-refractivity contribution in [3.8, 4) is 33.4 Å². The molecule has 8 rings (SSSR count). The quantitative estimate of drug-likeness (QED) is 0.192. The smallest absolute Gasteiger partial charge is 0.414 e. The van der Waals surface area contributed by atoms with Gasteiger partial charge in [-0.1, -0.05) is 78.4 Å². The summed E-state index contributed by atoms with van der Waals surface area (Å²) in [6, 6.07) is 37.2. The Bertz CT molecular complexity index is 2130. The maximum absolute atomic E-state index is 17.1. The summed E-state index contributed by atoms with van der Waals surface area (Å²) >= 11 is 0. The maximum Gasteiger partial charge on any atom is 0.642 e. The van der Waals surface area contributed by atoms with Crippen LogP contribution in [0.2, 0.25) is 0 Å². The molecular formula is C37H28BF2N3. The Balaban J connectivity index is 1.34. The number of nitrogens with zero attached hydrogens (tertiary/aromatic N) is 3. The van der Waals surface area contributed by atoms with Crippen molar-refractivity contribution in [1.29, 1.82) is 0 Å². The Morgan fingerprint density at radius 1 is 0.628 bits per heavy atom. The number of aromatic nitrogens is 1. The number of aryl methyl sites for hydroxylation is 3. The van der Waals surface area contributed by atoms with Crippen LogP contribution >= 0.6 is 0 Å². The molecule has 0 saturated heterocycles. The van der Waals surface area contributed by atoms with Gasteiger partial charge in [-0.3, -0.25) is 0 Å². The van der Waals surface area contributed by atoms with Crippen LogP contribution in [0, 0.1) is 20.8 Å². The minimum Gasteiger partial charge on any atom is -0.414 e. The van der Waals surface area contributed by atoms with Gasteiger partial charge in [0.05, 0.1) is 5.52 Å². The Kier molecular flexibility index (Phi) is 5.48. The molecule has 0 spiro atoms. The van der Waals surface area contributed by atoms with Crippen molar-refractivity contribution in [2.24, 2.45) is 4.99 Å². The second kappa shape index (κ2) is 9.20. The number of halogens is 2. The van der Waals surface area contributed by atoms with Crippen LogP contribution in [0.15, 0.2) is 120 Å². The molecule has 6 heteroatoms. The Labute approximate surface area is 249 Å². The SMILES string of the molecule is Cc1cc(C)c(-c2ccc3c(ccc4[n+]3[B-](F)(F)N3C(=N4)c4ccccc4-c4cc(-c5ccccc5)ccc43)c2)c(C)c1. The van der Waals surface area contributed by atoms with Gasteiger partial charge < -0.3 is 17.9 Å². The van der Waals surface area contributed by atoms with Crippen molar-refractivity contribution in [3.63, 3.8) is 0 Å². The first-order valence-corrected chi connectivity index (χ1v) is 14.6. The van der Waals surface area contributed by atoms with Gasteiger partial charge in [-0.15, -0.1) is 0 Å². The van der Waals surface area contributed by atoms with Gasteiger partial charge in [-0.2, -0.15) is 0 Å². The van der Waals surface area contributed by atoms with Gasteiger partial charge in [-0.25, -0.2) is 0 Å². The van der Waals surface area contributed by atoms with E-state index in [0.717, 1.165) is 43.2 Å². The fourth-order valence-electron chi connectivity index (χ4n) is 7.07. The highest BCUT2D eigenvalue weighted by Gasteiger charge is 2.53. The molecule has 1 aromatic heterocycles. The molecule has 0 aliphatic carbocycles. The molecule has 0 atom stereocenters. The predicted octanol–water partition coefficient (Wildman–Crippen LogP) is 9.19. The van der Waals surface area contributed by atoms with Crippen LogP contribution in [0.4, 0.5) is 20.1 Å². The van der Waals surface area contributed by atoms with Gasteiger partial charge in [0.25, 0.3) is 5.82 Å². The summed E-state index contributed by atoms with van der Waals surface area (Å²) in [5.41, 5.74) is 11.0. The van der Waals surface area contributed by atoms with E-state index in [1.54, 1.807) is 6.07 Å². The predicted molar refractivity (Wildman–Crippen MR) is 173 cm³/mol. The summed E-state index contributed by atoms with van der Waals surface area (Å²) in [6.45, 7) is 2.00. The lowest BCUT2D eigenvalue weighted by molar-refractivity contribution is -0.524. The second-order valence-corrected chi connectivity index (χ2v) is 11.6. The maximum atomic E-state index is 17.1. The standard InChI is InChI=1S/C37H28BF2N3/c1-23-19-24(2)36(25(3)20-23)29-14-16-33-28(21-29)15-18-35-41-37-31-12-8-7-11-30(31)32-22-27(26-9-5-4-6-10-26)13-17-34(32)43(37)38(39,40)42(33)35/h4-22H,1-3H3. The van der Waals surface area contributed by atoms with Gasteiger partial charge in [0, 0.05) is 28.3 Å². The van der Waals surface area contributed by atoms with Gasteiger partial charge in [0.2, 0.25) is 5.84 Å². The molecule has 0 saturated carbocycles. The highest BCUT2D eigenvalue weighted by molar-refractivity contribution is 6.69. The number of hydrogen-bond acceptors (Lipinski definition) is 2. The topological polar surface area (TPSA) is 19.5 Å². The summed E-state index contributed by atoms with van der Waals surface area (Å²) in [5, 5.41) is 0.748. The highest BCUT2D eigenvalue weighted by Crippen LogP contribution is 2.45. The number of amidine groups is 1. The van der Waals surface area contributed by atoms with Gasteiger partial charge in [-0.05, 0) is 101 Å². The lowest BCUT2D eigenvalue weighted by Gasteiger charge is -2.43. The summed E-state index contributed by atoms with van der Waals surface area (Å²) in [4.78, 5) is 6.06. The largest absolute Gasteiger partial charge is 0.642 e. The van der Waals surface area contributed by atoms with Crippen molar-refractivity contribution in [2.45, 2.75) is 20.8 Å². The summed E-state index contributed by atoms with van der Waals surface area (Å²) in [6.07, 6.45) is 0. The van der Waals surface area contributed by atoms with Crippen LogP contribution in [0.3, 0.4) is 0 Å². The molecule has 43 heavy (non-hydrogen) atoms. The molecule has 0 amide bonds. The van der Waals surface area contributed by atoms with E-state index in [4.69, 9.17) is 4.99 Å². The first-order valence-electron chi connectivity index (χ1n) is 14.6. The Hall–Kier alpha value is -5.10. The monoisotopic (exact) mass is 563 g/mol. The number of pyridine rings is 1. The molecule has 6 aromatic rings. The number of hydrogen-bond donors (Lipinski definition) is 0. The minimum atomic E-state index is -4.29. The van der Waals surface area contributed by atoms with E-state index in [9.17, 15) is 0 Å². The van der Waals surface area contributed by atoms with E-state index in [1.807, 2.05) is 97.1 Å². The van der Waals surface area contributed by atoms with E-state index in [-0.39, 0.29) is 11.7 Å². The molecule has 3 heterocycles. The third kappa shape index (κ3) is 3.79. The van der Waals surface area contributed by atoms with Gasteiger partial charge >= 0.3 is 6.97 Å². The second-order valence-electron chi connectivity index (χ2n) is 11.6. The number of anilines is 1. The zero-order valence-electron chi connectivity index (χ0n) is 24.1. The fourth-order valence-corrected chi connectivity index (χ4v) is 7.07. The van der Waals surface area contributed by atoms with Crippen LogP contribution in [0.25, 0.3) is 44.3 Å².